The Bertz CT molecular complexity index is 593. The van der Waals surface area contributed by atoms with Crippen molar-refractivity contribution in [3.63, 3.8) is 0 Å². The van der Waals surface area contributed by atoms with E-state index >= 15 is 0 Å². The van der Waals surface area contributed by atoms with E-state index in [4.69, 9.17) is 0 Å². The Morgan fingerprint density at radius 1 is 1.20 bits per heavy atom. The number of Topliss-reactive ketones (excluding diaryl/α,β-unsaturated/α-hetero) is 1. The molecule has 106 valence electrons. The van der Waals surface area contributed by atoms with E-state index in [0.717, 1.165) is 11.1 Å². The predicted molar refractivity (Wildman–Crippen MR) is 69.1 cm³/mol. The Kier molecular flexibility index (Phi) is 3.70. The molecule has 2 rings (SSSR count). The number of aryl methyl sites for hydroxylation is 1. The Balaban J connectivity index is 2.30. The van der Waals surface area contributed by atoms with Crippen LogP contribution in [0.1, 0.15) is 24.0 Å². The lowest BCUT2D eigenvalue weighted by Gasteiger charge is -2.05. The van der Waals surface area contributed by atoms with Crippen molar-refractivity contribution < 1.29 is 23.1 Å². The van der Waals surface area contributed by atoms with Crippen LogP contribution in [0.4, 0.5) is 13.2 Å². The van der Waals surface area contributed by atoms with Crippen molar-refractivity contribution in [1.29, 1.82) is 0 Å². The number of alkyl halides is 3. The van der Waals surface area contributed by atoms with Crippen molar-refractivity contribution in [2.45, 2.75) is 25.9 Å². The highest BCUT2D eigenvalue weighted by Crippen LogP contribution is 2.35. The zero-order chi connectivity index (χ0) is 14.9. The van der Waals surface area contributed by atoms with Crippen LogP contribution in [0.2, 0.25) is 0 Å². The minimum absolute atomic E-state index is 0.0815. The van der Waals surface area contributed by atoms with Crippen LogP contribution in [0.15, 0.2) is 41.2 Å². The van der Waals surface area contributed by atoms with Gasteiger partial charge in [-0.15, -0.1) is 0 Å². The molecule has 0 atom stereocenters. The van der Waals surface area contributed by atoms with Crippen LogP contribution < -0.4 is 0 Å². The monoisotopic (exact) mass is 282 g/mol. The number of benzene rings is 1. The molecule has 0 radical (unpaired) electrons. The molecule has 1 aliphatic rings. The summed E-state index contributed by atoms with van der Waals surface area (Å²) >= 11 is 0. The minimum atomic E-state index is -4.94. The van der Waals surface area contributed by atoms with E-state index in [1.807, 2.05) is 19.1 Å². The Hall–Kier alpha value is -2.04. The molecular formula is C15H13F3O2. The number of ketones is 1. The van der Waals surface area contributed by atoms with Gasteiger partial charge >= 0.3 is 6.18 Å². The Labute approximate surface area is 114 Å². The summed E-state index contributed by atoms with van der Waals surface area (Å²) in [5.74, 6) is -2.49. The lowest BCUT2D eigenvalue weighted by molar-refractivity contribution is -0.166. The Morgan fingerprint density at radius 2 is 1.80 bits per heavy atom. The van der Waals surface area contributed by atoms with Crippen LogP contribution in [0.3, 0.4) is 0 Å². The second-order valence-corrected chi connectivity index (χ2v) is 4.73. The number of carbonyl (C=O) groups excluding carboxylic acids is 1. The highest BCUT2D eigenvalue weighted by Gasteiger charge is 2.43. The van der Waals surface area contributed by atoms with Crippen molar-refractivity contribution in [2.24, 2.45) is 0 Å². The van der Waals surface area contributed by atoms with E-state index in [1.54, 1.807) is 18.2 Å². The maximum Gasteiger partial charge on any atom is 0.454 e. The van der Waals surface area contributed by atoms with Gasteiger partial charge in [-0.25, -0.2) is 0 Å². The molecule has 1 aromatic rings. The van der Waals surface area contributed by atoms with Crippen LogP contribution in [0.5, 0.6) is 0 Å². The van der Waals surface area contributed by atoms with Gasteiger partial charge in [0.25, 0.3) is 5.78 Å². The summed E-state index contributed by atoms with van der Waals surface area (Å²) in [6, 6.07) is 7.34. The third-order valence-corrected chi connectivity index (χ3v) is 3.18. The van der Waals surface area contributed by atoms with E-state index < -0.39 is 23.3 Å². The lowest BCUT2D eigenvalue weighted by Crippen LogP contribution is -2.24. The molecule has 0 bridgehead atoms. The van der Waals surface area contributed by atoms with Gasteiger partial charge in [0.15, 0.2) is 0 Å². The number of aliphatic hydroxyl groups excluding tert-OH is 1. The first-order valence-corrected chi connectivity index (χ1v) is 6.10. The fourth-order valence-electron chi connectivity index (χ4n) is 2.09. The molecular weight excluding hydrogens is 269 g/mol. The third-order valence-electron chi connectivity index (χ3n) is 3.18. The molecule has 0 saturated carbocycles. The third kappa shape index (κ3) is 2.92. The number of aliphatic hydroxyl groups is 1. The smallest absolute Gasteiger partial charge is 0.454 e. The molecule has 0 unspecified atom stereocenters. The zero-order valence-electron chi connectivity index (χ0n) is 10.8. The van der Waals surface area contributed by atoms with Crippen LogP contribution in [-0.2, 0) is 4.79 Å². The van der Waals surface area contributed by atoms with Crippen molar-refractivity contribution >= 4 is 11.9 Å². The first-order valence-electron chi connectivity index (χ1n) is 6.10. The van der Waals surface area contributed by atoms with E-state index in [2.05, 4.69) is 0 Å². The van der Waals surface area contributed by atoms with Gasteiger partial charge in [-0.3, -0.25) is 4.79 Å². The highest BCUT2D eigenvalue weighted by molar-refractivity contribution is 6.01. The maximum atomic E-state index is 12.4. The van der Waals surface area contributed by atoms with Crippen LogP contribution in [0, 0.1) is 6.92 Å². The molecule has 0 aliphatic heterocycles. The zero-order valence-corrected chi connectivity index (χ0v) is 10.8. The highest BCUT2D eigenvalue weighted by atomic mass is 19.4. The summed E-state index contributed by atoms with van der Waals surface area (Å²) in [5.41, 5.74) is 1.65. The molecule has 5 heteroatoms. The van der Waals surface area contributed by atoms with Gasteiger partial charge in [-0.1, -0.05) is 29.8 Å². The van der Waals surface area contributed by atoms with E-state index in [-0.39, 0.29) is 12.8 Å². The first kappa shape index (κ1) is 14.4. The van der Waals surface area contributed by atoms with Gasteiger partial charge in [0.1, 0.15) is 5.76 Å². The summed E-state index contributed by atoms with van der Waals surface area (Å²) in [6.45, 7) is 1.92. The number of hydrogen-bond acceptors (Lipinski definition) is 2. The van der Waals surface area contributed by atoms with Crippen molar-refractivity contribution in [1.82, 2.24) is 0 Å². The second kappa shape index (κ2) is 5.15. The maximum absolute atomic E-state index is 12.4. The van der Waals surface area contributed by atoms with Gasteiger partial charge in [-0.2, -0.15) is 13.2 Å². The van der Waals surface area contributed by atoms with Crippen molar-refractivity contribution in [3.8, 4) is 0 Å². The van der Waals surface area contributed by atoms with Gasteiger partial charge in [-0.05, 0) is 37.0 Å². The summed E-state index contributed by atoms with van der Waals surface area (Å²) in [5, 5.41) is 9.79. The number of allylic oxidation sites excluding steroid dienone is 2. The van der Waals surface area contributed by atoms with Gasteiger partial charge < -0.3 is 5.11 Å². The van der Waals surface area contributed by atoms with Crippen molar-refractivity contribution in [2.75, 3.05) is 0 Å². The fraction of sp³-hybridized carbons (Fsp3) is 0.267. The average molecular weight is 282 g/mol. The molecule has 0 heterocycles. The number of hydrogen-bond donors (Lipinski definition) is 1. The standard InChI is InChI=1S/C15H13F3O2/c1-9-2-4-10(5-3-9)8-11-6-7-12(13(11)19)14(20)15(16,17)18/h2-5,8,19H,6-7H2,1H3. The molecule has 20 heavy (non-hydrogen) atoms. The molecule has 1 aliphatic carbocycles. The minimum Gasteiger partial charge on any atom is -0.507 e. The average Bonchev–Trinajstić information content (AvgIpc) is 2.72. The van der Waals surface area contributed by atoms with E-state index in [0.29, 0.717) is 5.57 Å². The lowest BCUT2D eigenvalue weighted by atomic mass is 10.1. The Morgan fingerprint density at radius 3 is 2.35 bits per heavy atom. The molecule has 0 aromatic heterocycles. The summed E-state index contributed by atoms with van der Waals surface area (Å²) in [7, 11) is 0. The SMILES string of the molecule is Cc1ccc(C=C2CCC(C(=O)C(F)(F)F)=C2O)cc1. The van der Waals surface area contributed by atoms with Gasteiger partial charge in [0.2, 0.25) is 0 Å². The molecule has 0 fully saturated rings. The van der Waals surface area contributed by atoms with E-state index in [1.165, 1.54) is 0 Å². The van der Waals surface area contributed by atoms with E-state index in [9.17, 15) is 23.1 Å². The van der Waals surface area contributed by atoms with Crippen LogP contribution in [-0.4, -0.2) is 17.1 Å². The van der Waals surface area contributed by atoms with Gasteiger partial charge in [0, 0.05) is 5.57 Å². The second-order valence-electron chi connectivity index (χ2n) is 4.73. The summed E-state index contributed by atoms with van der Waals surface area (Å²) in [6.07, 6.45) is -3.19. The largest absolute Gasteiger partial charge is 0.507 e. The van der Waals surface area contributed by atoms with Crippen LogP contribution >= 0.6 is 0 Å². The molecule has 0 saturated heterocycles. The molecule has 1 aromatic carbocycles. The topological polar surface area (TPSA) is 37.3 Å². The van der Waals surface area contributed by atoms with Gasteiger partial charge in [0.05, 0.1) is 0 Å². The number of rotatable bonds is 2. The van der Waals surface area contributed by atoms with Crippen LogP contribution in [0.25, 0.3) is 6.08 Å². The first-order chi connectivity index (χ1) is 9.29. The quantitative estimate of drug-likeness (QED) is 0.886. The summed E-state index contributed by atoms with van der Waals surface area (Å²) < 4.78 is 37.1. The number of carbonyl (C=O) groups is 1. The number of halogens is 3. The molecule has 0 spiro atoms. The fourth-order valence-corrected chi connectivity index (χ4v) is 2.09. The summed E-state index contributed by atoms with van der Waals surface area (Å²) in [4.78, 5) is 11.1. The molecule has 0 amide bonds. The molecule has 1 N–H and O–H groups in total. The predicted octanol–water partition coefficient (Wildman–Crippen LogP) is 4.12. The molecule has 2 nitrogen and oxygen atoms in total. The normalized spacial score (nSPS) is 17.9. The van der Waals surface area contributed by atoms with Crippen molar-refractivity contribution in [3.05, 3.63) is 52.3 Å².